The van der Waals surface area contributed by atoms with Crippen molar-refractivity contribution in [3.63, 3.8) is 0 Å². The van der Waals surface area contributed by atoms with Crippen molar-refractivity contribution in [3.8, 4) is 0 Å². The molecule has 2 aliphatic carbocycles. The van der Waals surface area contributed by atoms with E-state index in [1.54, 1.807) is 19.3 Å². The highest BCUT2D eigenvalue weighted by Crippen LogP contribution is 2.39. The first kappa shape index (κ1) is 21.5. The summed E-state index contributed by atoms with van der Waals surface area (Å²) in [5.41, 5.74) is 0.417. The second-order valence-corrected chi connectivity index (χ2v) is 9.82. The van der Waals surface area contributed by atoms with E-state index < -0.39 is 0 Å². The second-order valence-electron chi connectivity index (χ2n) is 9.82. The molecule has 1 aromatic heterocycles. The van der Waals surface area contributed by atoms with Gasteiger partial charge in [-0.3, -0.25) is 9.59 Å². The van der Waals surface area contributed by atoms with Gasteiger partial charge in [-0.2, -0.15) is 0 Å². The van der Waals surface area contributed by atoms with E-state index in [9.17, 15) is 9.59 Å². The molecular formula is C23H36N4O3. The number of nitrogens with zero attached hydrogens (tertiary/aromatic N) is 3. The SMILES string of the molecule is CN(C)CCN1C[C@H]2C[C@H](OCC3CC3)[C@@H](NC(=O)c3ccc(=O)n(C)c3)C[C@H]2C1. The van der Waals surface area contributed by atoms with Crippen molar-refractivity contribution in [2.24, 2.45) is 24.8 Å². The van der Waals surface area contributed by atoms with E-state index in [0.717, 1.165) is 45.6 Å². The Morgan fingerprint density at radius 1 is 1.20 bits per heavy atom. The lowest BCUT2D eigenvalue weighted by atomic mass is 9.77. The summed E-state index contributed by atoms with van der Waals surface area (Å²) >= 11 is 0. The van der Waals surface area contributed by atoms with Gasteiger partial charge in [0.15, 0.2) is 0 Å². The van der Waals surface area contributed by atoms with E-state index in [1.165, 1.54) is 23.5 Å². The maximum absolute atomic E-state index is 12.9. The number of rotatable bonds is 8. The lowest BCUT2D eigenvalue weighted by Gasteiger charge is -2.38. The van der Waals surface area contributed by atoms with Gasteiger partial charge in [-0.15, -0.1) is 0 Å². The summed E-state index contributed by atoms with van der Waals surface area (Å²) in [5, 5.41) is 3.25. The molecule has 3 aliphatic rings. The molecule has 0 spiro atoms. The Morgan fingerprint density at radius 2 is 1.93 bits per heavy atom. The molecule has 7 nitrogen and oxygen atoms in total. The minimum atomic E-state index is -0.114. The molecule has 0 unspecified atom stereocenters. The van der Waals surface area contributed by atoms with E-state index in [-0.39, 0.29) is 23.6 Å². The standard InChI is InChI=1S/C23H36N4O3/c1-25(2)8-9-27-13-18-10-20(21(11-19(18)14-27)30-15-16-4-5-16)24-23(29)17-6-7-22(28)26(3)12-17/h6-7,12,16,18-21H,4-5,8-11,13-15H2,1-3H3,(H,24,29)/t18-,19+,20-,21-/m0/s1. The summed E-state index contributed by atoms with van der Waals surface area (Å²) in [5.74, 6) is 1.86. The summed E-state index contributed by atoms with van der Waals surface area (Å²) in [6.45, 7) is 5.25. The van der Waals surface area contributed by atoms with Gasteiger partial charge in [0.05, 0.1) is 17.7 Å². The van der Waals surface area contributed by atoms with Crippen LogP contribution in [0, 0.1) is 17.8 Å². The van der Waals surface area contributed by atoms with Crippen LogP contribution >= 0.6 is 0 Å². The van der Waals surface area contributed by atoms with E-state index in [4.69, 9.17) is 4.74 Å². The zero-order valence-corrected chi connectivity index (χ0v) is 18.5. The third-order valence-corrected chi connectivity index (χ3v) is 6.96. The molecule has 2 heterocycles. The number of carbonyl (C=O) groups excluding carboxylic acids is 1. The van der Waals surface area contributed by atoms with Gasteiger partial charge in [0, 0.05) is 52.1 Å². The van der Waals surface area contributed by atoms with Gasteiger partial charge in [-0.1, -0.05) is 0 Å². The monoisotopic (exact) mass is 416 g/mol. The predicted octanol–water partition coefficient (Wildman–Crippen LogP) is 1.18. The Hall–Kier alpha value is -1.70. The first-order valence-corrected chi connectivity index (χ1v) is 11.3. The molecule has 30 heavy (non-hydrogen) atoms. The molecule has 7 heteroatoms. The van der Waals surface area contributed by atoms with Crippen molar-refractivity contribution in [1.82, 2.24) is 19.7 Å². The van der Waals surface area contributed by atoms with Gasteiger partial charge in [-0.25, -0.2) is 0 Å². The van der Waals surface area contributed by atoms with Gasteiger partial charge in [0.1, 0.15) is 0 Å². The molecule has 0 radical (unpaired) electrons. The minimum Gasteiger partial charge on any atom is -0.376 e. The van der Waals surface area contributed by atoms with Crippen molar-refractivity contribution >= 4 is 5.91 Å². The van der Waals surface area contributed by atoms with Gasteiger partial charge in [0.25, 0.3) is 5.91 Å². The largest absolute Gasteiger partial charge is 0.376 e. The van der Waals surface area contributed by atoms with Crippen LogP contribution in [0.2, 0.25) is 0 Å². The molecule has 1 N–H and O–H groups in total. The lowest BCUT2D eigenvalue weighted by molar-refractivity contribution is -0.0212. The molecule has 4 rings (SSSR count). The number of aryl methyl sites for hydroxylation is 1. The number of likely N-dealkylation sites (N-methyl/N-ethyl adjacent to an activating group) is 1. The van der Waals surface area contributed by atoms with Crippen LogP contribution < -0.4 is 10.9 Å². The predicted molar refractivity (Wildman–Crippen MR) is 117 cm³/mol. The van der Waals surface area contributed by atoms with Crippen LogP contribution in [0.4, 0.5) is 0 Å². The number of hydrogen-bond donors (Lipinski definition) is 1. The number of nitrogens with one attached hydrogen (secondary N) is 1. The maximum Gasteiger partial charge on any atom is 0.253 e. The van der Waals surface area contributed by atoms with Crippen LogP contribution in [0.25, 0.3) is 0 Å². The van der Waals surface area contributed by atoms with Crippen LogP contribution in [0.15, 0.2) is 23.1 Å². The van der Waals surface area contributed by atoms with E-state index in [1.807, 2.05) is 0 Å². The fourth-order valence-electron chi connectivity index (χ4n) is 4.89. The molecule has 166 valence electrons. The fourth-order valence-corrected chi connectivity index (χ4v) is 4.89. The van der Waals surface area contributed by atoms with E-state index in [0.29, 0.717) is 23.3 Å². The van der Waals surface area contributed by atoms with Gasteiger partial charge >= 0.3 is 0 Å². The van der Waals surface area contributed by atoms with Crippen molar-refractivity contribution in [2.75, 3.05) is 46.9 Å². The molecular weight excluding hydrogens is 380 g/mol. The first-order valence-electron chi connectivity index (χ1n) is 11.3. The van der Waals surface area contributed by atoms with Crippen LogP contribution in [0.3, 0.4) is 0 Å². The number of pyridine rings is 1. The average molecular weight is 417 g/mol. The summed E-state index contributed by atoms with van der Waals surface area (Å²) in [7, 11) is 5.92. The third-order valence-electron chi connectivity index (χ3n) is 6.96. The number of aromatic nitrogens is 1. The Labute approximate surface area is 179 Å². The topological polar surface area (TPSA) is 66.8 Å². The van der Waals surface area contributed by atoms with Crippen molar-refractivity contribution < 1.29 is 9.53 Å². The Morgan fingerprint density at radius 3 is 2.60 bits per heavy atom. The number of fused-ring (bicyclic) bond motifs is 1. The van der Waals surface area contributed by atoms with Crippen LogP contribution in [0.1, 0.15) is 36.0 Å². The normalized spacial score (nSPS) is 29.2. The fraction of sp³-hybridized carbons (Fsp3) is 0.739. The molecule has 2 saturated carbocycles. The van der Waals surface area contributed by atoms with Gasteiger partial charge in [-0.05, 0) is 63.6 Å². The van der Waals surface area contributed by atoms with E-state index >= 15 is 0 Å². The minimum absolute atomic E-state index is 0.0310. The zero-order chi connectivity index (χ0) is 21.3. The average Bonchev–Trinajstić information content (AvgIpc) is 3.45. The lowest BCUT2D eigenvalue weighted by Crippen LogP contribution is -2.50. The Bertz CT molecular complexity index is 804. The highest BCUT2D eigenvalue weighted by molar-refractivity contribution is 5.94. The quantitative estimate of drug-likeness (QED) is 0.689. The van der Waals surface area contributed by atoms with Crippen LogP contribution in [0.5, 0.6) is 0 Å². The number of ether oxygens (including phenoxy) is 1. The third kappa shape index (κ3) is 5.31. The van der Waals surface area contributed by atoms with Crippen molar-refractivity contribution in [3.05, 3.63) is 34.2 Å². The molecule has 3 fully saturated rings. The second kappa shape index (κ2) is 9.20. The molecule has 1 amide bonds. The Kier molecular flexibility index (Phi) is 6.60. The zero-order valence-electron chi connectivity index (χ0n) is 18.5. The summed E-state index contributed by atoms with van der Waals surface area (Å²) < 4.78 is 7.79. The van der Waals surface area contributed by atoms with Crippen LogP contribution in [-0.4, -0.2) is 79.3 Å². The molecule has 0 bridgehead atoms. The van der Waals surface area contributed by atoms with Crippen molar-refractivity contribution in [1.29, 1.82) is 0 Å². The summed E-state index contributed by atoms with van der Waals surface area (Å²) in [4.78, 5) is 29.4. The summed E-state index contributed by atoms with van der Waals surface area (Å²) in [6.07, 6.45) is 6.22. The highest BCUT2D eigenvalue weighted by atomic mass is 16.5. The smallest absolute Gasteiger partial charge is 0.253 e. The molecule has 1 aliphatic heterocycles. The van der Waals surface area contributed by atoms with Gasteiger partial charge in [0.2, 0.25) is 5.56 Å². The number of carbonyl (C=O) groups is 1. The Balaban J connectivity index is 1.41. The van der Waals surface area contributed by atoms with E-state index in [2.05, 4.69) is 29.2 Å². The summed E-state index contributed by atoms with van der Waals surface area (Å²) in [6, 6.07) is 3.09. The van der Waals surface area contributed by atoms with Gasteiger partial charge < -0.3 is 24.4 Å². The molecule has 4 atom stereocenters. The van der Waals surface area contributed by atoms with Crippen molar-refractivity contribution in [2.45, 2.75) is 37.8 Å². The number of amides is 1. The molecule has 1 aromatic rings. The molecule has 0 aromatic carbocycles. The maximum atomic E-state index is 12.9. The van der Waals surface area contributed by atoms with Crippen LogP contribution in [-0.2, 0) is 11.8 Å². The highest BCUT2D eigenvalue weighted by Gasteiger charge is 2.43. The number of hydrogen-bond acceptors (Lipinski definition) is 5. The molecule has 1 saturated heterocycles. The number of likely N-dealkylation sites (tertiary alicyclic amines) is 1. The first-order chi connectivity index (χ1) is 14.4.